The first-order valence-corrected chi connectivity index (χ1v) is 10.6. The molecule has 6 nitrogen and oxygen atoms in total. The van der Waals surface area contributed by atoms with Crippen molar-refractivity contribution < 1.29 is 9.90 Å². The number of amides is 1. The number of aliphatic hydroxyl groups excluding tert-OH is 1. The van der Waals surface area contributed by atoms with Gasteiger partial charge in [0.2, 0.25) is 5.91 Å². The average molecular weight is 415 g/mol. The second-order valence-electron chi connectivity index (χ2n) is 8.29. The van der Waals surface area contributed by atoms with Crippen molar-refractivity contribution in [1.82, 2.24) is 15.2 Å². The second-order valence-corrected chi connectivity index (χ2v) is 8.29. The highest BCUT2D eigenvalue weighted by Crippen LogP contribution is 2.42. The van der Waals surface area contributed by atoms with Gasteiger partial charge in [-0.2, -0.15) is 0 Å². The molecule has 2 aliphatic rings. The second kappa shape index (κ2) is 8.13. The fourth-order valence-electron chi connectivity index (χ4n) is 4.99. The van der Waals surface area contributed by atoms with Crippen LogP contribution in [0.2, 0.25) is 0 Å². The van der Waals surface area contributed by atoms with Crippen LogP contribution in [0.5, 0.6) is 0 Å². The van der Waals surface area contributed by atoms with Gasteiger partial charge >= 0.3 is 0 Å². The van der Waals surface area contributed by atoms with Gasteiger partial charge < -0.3 is 15.0 Å². The van der Waals surface area contributed by atoms with Gasteiger partial charge in [-0.05, 0) is 23.3 Å². The molecule has 1 amide bonds. The molecular weight excluding hydrogens is 390 g/mol. The maximum atomic E-state index is 13.2. The fraction of sp³-hybridized carbons (Fsp3) is 0.280. The summed E-state index contributed by atoms with van der Waals surface area (Å²) in [5.74, 6) is -0.372. The first-order chi connectivity index (χ1) is 15.2. The lowest BCUT2D eigenvalue weighted by atomic mass is 9.88. The lowest BCUT2D eigenvalue weighted by molar-refractivity contribution is -0.124. The minimum Gasteiger partial charge on any atom is -0.396 e. The van der Waals surface area contributed by atoms with Crippen LogP contribution in [0.4, 0.5) is 0 Å². The number of fused-ring (bicyclic) bond motifs is 3. The Hall–Kier alpha value is -3.22. The number of aliphatic hydroxyl groups is 1. The van der Waals surface area contributed by atoms with Crippen molar-refractivity contribution in [3.63, 3.8) is 0 Å². The first-order valence-electron chi connectivity index (χ1n) is 10.6. The molecule has 0 unspecified atom stereocenters. The van der Waals surface area contributed by atoms with Gasteiger partial charge in [-0.1, -0.05) is 60.7 Å². The van der Waals surface area contributed by atoms with Gasteiger partial charge in [-0.25, -0.2) is 0 Å². The summed E-state index contributed by atoms with van der Waals surface area (Å²) < 4.78 is 1.80. The van der Waals surface area contributed by atoms with Gasteiger partial charge in [-0.3, -0.25) is 14.9 Å². The van der Waals surface area contributed by atoms with Crippen LogP contribution in [-0.4, -0.2) is 28.2 Å². The molecule has 6 heteroatoms. The summed E-state index contributed by atoms with van der Waals surface area (Å²) >= 11 is 0. The van der Waals surface area contributed by atoms with E-state index >= 15 is 0 Å². The largest absolute Gasteiger partial charge is 0.396 e. The van der Waals surface area contributed by atoms with Crippen molar-refractivity contribution in [3.05, 3.63) is 94.4 Å². The lowest BCUT2D eigenvalue weighted by Crippen LogP contribution is -2.46. The molecule has 1 aromatic heterocycles. The quantitative estimate of drug-likeness (QED) is 0.596. The predicted molar refractivity (Wildman–Crippen MR) is 118 cm³/mol. The zero-order chi connectivity index (χ0) is 21.4. The van der Waals surface area contributed by atoms with Crippen LogP contribution in [0, 0.1) is 11.8 Å². The van der Waals surface area contributed by atoms with Crippen molar-refractivity contribution in [1.29, 1.82) is 0 Å². The Morgan fingerprint density at radius 1 is 1.03 bits per heavy atom. The SMILES string of the molecule is O=C(NCc1ccccc1)[C@@H]1N[C@@H]2c3ccc(-c4ccccc4)c(=O)n3C[C@@H]2[C@H]1CO. The van der Waals surface area contributed by atoms with Crippen LogP contribution < -0.4 is 16.2 Å². The van der Waals surface area contributed by atoms with Crippen molar-refractivity contribution in [2.75, 3.05) is 6.61 Å². The molecule has 2 aromatic carbocycles. The standard InChI is InChI=1S/C25H25N3O3/c29-15-20-19-14-28-21(12-11-18(25(28)31)17-9-5-2-6-10-17)22(19)27-23(20)24(30)26-13-16-7-3-1-4-8-16/h1-12,19-20,22-23,27,29H,13-15H2,(H,26,30)/t19-,20-,22+,23-/m1/s1. The topological polar surface area (TPSA) is 83.4 Å². The molecule has 3 N–H and O–H groups in total. The number of carbonyl (C=O) groups is 1. The molecule has 3 aromatic rings. The summed E-state index contributed by atoms with van der Waals surface area (Å²) in [5, 5.41) is 16.5. The van der Waals surface area contributed by atoms with Gasteiger partial charge in [0.1, 0.15) is 0 Å². The fourth-order valence-corrected chi connectivity index (χ4v) is 4.99. The minimum atomic E-state index is -0.485. The highest BCUT2D eigenvalue weighted by atomic mass is 16.3. The zero-order valence-corrected chi connectivity index (χ0v) is 17.1. The Labute approximate surface area is 180 Å². The lowest BCUT2D eigenvalue weighted by Gasteiger charge is -2.21. The van der Waals surface area contributed by atoms with Crippen molar-refractivity contribution in [2.45, 2.75) is 25.2 Å². The van der Waals surface area contributed by atoms with E-state index < -0.39 is 6.04 Å². The van der Waals surface area contributed by atoms with E-state index in [9.17, 15) is 14.7 Å². The number of nitrogens with one attached hydrogen (secondary N) is 2. The van der Waals surface area contributed by atoms with E-state index in [0.717, 1.165) is 16.8 Å². The number of nitrogens with zero attached hydrogens (tertiary/aromatic N) is 1. The number of carbonyl (C=O) groups excluding carboxylic acids is 1. The van der Waals surface area contributed by atoms with Crippen LogP contribution in [0.15, 0.2) is 77.6 Å². The third-order valence-corrected chi connectivity index (χ3v) is 6.57. The number of aromatic nitrogens is 1. The van der Waals surface area contributed by atoms with Gasteiger partial charge in [0.15, 0.2) is 0 Å². The molecule has 4 atom stereocenters. The van der Waals surface area contributed by atoms with Crippen LogP contribution in [-0.2, 0) is 17.9 Å². The third-order valence-electron chi connectivity index (χ3n) is 6.57. The summed E-state index contributed by atoms with van der Waals surface area (Å²) in [6.07, 6.45) is 0. The van der Waals surface area contributed by atoms with Gasteiger partial charge in [0.25, 0.3) is 5.56 Å². The van der Waals surface area contributed by atoms with Gasteiger partial charge in [0, 0.05) is 42.8 Å². The smallest absolute Gasteiger partial charge is 0.258 e. The molecule has 1 saturated heterocycles. The van der Waals surface area contributed by atoms with Crippen molar-refractivity contribution in [3.8, 4) is 11.1 Å². The van der Waals surface area contributed by atoms with Crippen LogP contribution in [0.25, 0.3) is 11.1 Å². The summed E-state index contributed by atoms with van der Waals surface area (Å²) in [4.78, 5) is 26.0. The molecule has 0 radical (unpaired) electrons. The maximum absolute atomic E-state index is 13.2. The average Bonchev–Trinajstić information content (AvgIpc) is 3.36. The Morgan fingerprint density at radius 2 is 1.74 bits per heavy atom. The number of hydrogen-bond donors (Lipinski definition) is 3. The normalized spacial score (nSPS) is 23.9. The number of benzene rings is 2. The van der Waals surface area contributed by atoms with Crippen molar-refractivity contribution in [2.24, 2.45) is 11.8 Å². The van der Waals surface area contributed by atoms with E-state index in [-0.39, 0.29) is 36.0 Å². The molecular formula is C25H25N3O3. The molecule has 0 aliphatic carbocycles. The molecule has 3 heterocycles. The highest BCUT2D eigenvalue weighted by molar-refractivity contribution is 5.82. The highest BCUT2D eigenvalue weighted by Gasteiger charge is 2.50. The monoisotopic (exact) mass is 415 g/mol. The molecule has 0 saturated carbocycles. The van der Waals surface area contributed by atoms with Crippen molar-refractivity contribution >= 4 is 5.91 Å². The summed E-state index contributed by atoms with van der Waals surface area (Å²) in [5.41, 5.74) is 3.44. The summed E-state index contributed by atoms with van der Waals surface area (Å²) in [6, 6.07) is 22.6. The van der Waals surface area contributed by atoms with E-state index in [0.29, 0.717) is 18.7 Å². The Kier molecular flexibility index (Phi) is 5.18. The Morgan fingerprint density at radius 3 is 2.45 bits per heavy atom. The molecule has 2 aliphatic heterocycles. The van der Waals surface area contributed by atoms with Gasteiger partial charge in [0.05, 0.1) is 12.1 Å². The predicted octanol–water partition coefficient (Wildman–Crippen LogP) is 2.08. The summed E-state index contributed by atoms with van der Waals surface area (Å²) in [7, 11) is 0. The minimum absolute atomic E-state index is 0.00352. The molecule has 31 heavy (non-hydrogen) atoms. The van der Waals surface area contributed by atoms with Gasteiger partial charge in [-0.15, -0.1) is 0 Å². The molecule has 0 bridgehead atoms. The number of pyridine rings is 1. The molecule has 1 fully saturated rings. The number of hydrogen-bond acceptors (Lipinski definition) is 4. The zero-order valence-electron chi connectivity index (χ0n) is 17.1. The first kappa shape index (κ1) is 19.7. The van der Waals surface area contributed by atoms with E-state index in [1.807, 2.05) is 72.8 Å². The van der Waals surface area contributed by atoms with E-state index in [2.05, 4.69) is 10.6 Å². The summed E-state index contributed by atoms with van der Waals surface area (Å²) in [6.45, 7) is 0.841. The van der Waals surface area contributed by atoms with E-state index in [1.165, 1.54) is 0 Å². The molecule has 158 valence electrons. The van der Waals surface area contributed by atoms with Crippen LogP contribution >= 0.6 is 0 Å². The van der Waals surface area contributed by atoms with Crippen LogP contribution in [0.1, 0.15) is 17.3 Å². The Bertz CT molecular complexity index is 1140. The van der Waals surface area contributed by atoms with E-state index in [1.54, 1.807) is 4.57 Å². The molecule has 0 spiro atoms. The van der Waals surface area contributed by atoms with Crippen LogP contribution in [0.3, 0.4) is 0 Å². The number of rotatable bonds is 5. The third kappa shape index (κ3) is 3.48. The Balaban J connectivity index is 1.37. The van der Waals surface area contributed by atoms with E-state index in [4.69, 9.17) is 0 Å². The maximum Gasteiger partial charge on any atom is 0.258 e. The molecule has 5 rings (SSSR count).